The van der Waals surface area contributed by atoms with E-state index in [0.717, 1.165) is 31.1 Å². The molecule has 1 N–H and O–H groups in total. The lowest BCUT2D eigenvalue weighted by Gasteiger charge is -2.22. The summed E-state index contributed by atoms with van der Waals surface area (Å²) >= 11 is 1.50. The van der Waals surface area contributed by atoms with Crippen molar-refractivity contribution in [1.82, 2.24) is 15.1 Å². The molecule has 1 aromatic carbocycles. The van der Waals surface area contributed by atoms with Gasteiger partial charge in [0.05, 0.1) is 4.88 Å². The van der Waals surface area contributed by atoms with E-state index < -0.39 is 0 Å². The lowest BCUT2D eigenvalue weighted by molar-refractivity contribution is 0.0931. The second-order valence-electron chi connectivity index (χ2n) is 6.76. The summed E-state index contributed by atoms with van der Waals surface area (Å²) in [5, 5.41) is 5.20. The summed E-state index contributed by atoms with van der Waals surface area (Å²) in [5.74, 6) is 0.507. The fraction of sp³-hybridized carbons (Fsp3) is 0.421. The molecular weight excluding hydrogens is 318 g/mol. The van der Waals surface area contributed by atoms with Crippen molar-refractivity contribution in [2.24, 2.45) is 5.92 Å². The standard InChI is InChI=1S/C19H25N3OS/c1-21(2)12-16-13-22(11-15-7-4-3-5-8-15)14-17(16)20-19(23)18-9-6-10-24-18/h3-10,16-17H,11-14H2,1-2H3,(H,20,23)/t16-,17-/m1/s1. The molecule has 1 aliphatic heterocycles. The average Bonchev–Trinajstić information content (AvgIpc) is 3.19. The number of nitrogens with zero attached hydrogens (tertiary/aromatic N) is 2. The molecule has 1 aromatic heterocycles. The van der Waals surface area contributed by atoms with E-state index >= 15 is 0 Å². The number of amides is 1. The Balaban J connectivity index is 1.65. The normalized spacial score (nSPS) is 21.3. The van der Waals surface area contributed by atoms with Gasteiger partial charge in [-0.25, -0.2) is 0 Å². The number of thiophene rings is 1. The molecular formula is C19H25N3OS. The van der Waals surface area contributed by atoms with Crippen molar-refractivity contribution >= 4 is 17.2 Å². The minimum Gasteiger partial charge on any atom is -0.347 e. The van der Waals surface area contributed by atoms with Gasteiger partial charge in [-0.1, -0.05) is 36.4 Å². The van der Waals surface area contributed by atoms with Crippen LogP contribution in [0.2, 0.25) is 0 Å². The summed E-state index contributed by atoms with van der Waals surface area (Å²) in [6, 6.07) is 14.6. The number of rotatable bonds is 6. The third kappa shape index (κ3) is 4.44. The van der Waals surface area contributed by atoms with E-state index in [1.54, 1.807) is 0 Å². The van der Waals surface area contributed by atoms with Gasteiger partial charge in [-0.2, -0.15) is 0 Å². The van der Waals surface area contributed by atoms with Gasteiger partial charge in [-0.05, 0) is 31.1 Å². The first-order chi connectivity index (χ1) is 11.6. The molecule has 0 saturated carbocycles. The van der Waals surface area contributed by atoms with Crippen molar-refractivity contribution < 1.29 is 4.79 Å². The number of carbonyl (C=O) groups is 1. The summed E-state index contributed by atoms with van der Waals surface area (Å²) in [6.07, 6.45) is 0. The van der Waals surface area contributed by atoms with Crippen LogP contribution in [0.25, 0.3) is 0 Å². The Hall–Kier alpha value is -1.69. The highest BCUT2D eigenvalue weighted by molar-refractivity contribution is 7.12. The van der Waals surface area contributed by atoms with Gasteiger partial charge in [-0.3, -0.25) is 9.69 Å². The maximum atomic E-state index is 12.4. The maximum Gasteiger partial charge on any atom is 0.261 e. The molecule has 2 heterocycles. The second-order valence-corrected chi connectivity index (χ2v) is 7.71. The Morgan fingerprint density at radius 3 is 2.67 bits per heavy atom. The van der Waals surface area contributed by atoms with Crippen molar-refractivity contribution in [2.45, 2.75) is 12.6 Å². The minimum absolute atomic E-state index is 0.0558. The van der Waals surface area contributed by atoms with Gasteiger partial charge in [0.15, 0.2) is 0 Å². The first-order valence-electron chi connectivity index (χ1n) is 8.37. The Morgan fingerprint density at radius 2 is 2.00 bits per heavy atom. The fourth-order valence-electron chi connectivity index (χ4n) is 3.40. The zero-order chi connectivity index (χ0) is 16.9. The number of hydrogen-bond acceptors (Lipinski definition) is 4. The zero-order valence-electron chi connectivity index (χ0n) is 14.3. The van der Waals surface area contributed by atoms with Crippen molar-refractivity contribution in [3.05, 3.63) is 58.3 Å². The molecule has 4 nitrogen and oxygen atoms in total. The topological polar surface area (TPSA) is 35.6 Å². The van der Waals surface area contributed by atoms with Crippen LogP contribution in [0.4, 0.5) is 0 Å². The van der Waals surface area contributed by atoms with Gasteiger partial charge in [0, 0.05) is 38.1 Å². The first kappa shape index (κ1) is 17.1. The predicted molar refractivity (Wildman–Crippen MR) is 99.3 cm³/mol. The molecule has 0 bridgehead atoms. The number of hydrogen-bond donors (Lipinski definition) is 1. The van der Waals surface area contributed by atoms with Crippen LogP contribution in [0.15, 0.2) is 47.8 Å². The van der Waals surface area contributed by atoms with Crippen LogP contribution in [0.5, 0.6) is 0 Å². The number of benzene rings is 1. The van der Waals surface area contributed by atoms with Gasteiger partial charge in [0.25, 0.3) is 5.91 Å². The zero-order valence-corrected chi connectivity index (χ0v) is 15.1. The quantitative estimate of drug-likeness (QED) is 0.875. The molecule has 0 aliphatic carbocycles. The molecule has 0 spiro atoms. The smallest absolute Gasteiger partial charge is 0.261 e. The highest BCUT2D eigenvalue weighted by Crippen LogP contribution is 2.21. The Bertz CT molecular complexity index is 642. The summed E-state index contributed by atoms with van der Waals surface area (Å²) < 4.78 is 0. The monoisotopic (exact) mass is 343 g/mol. The average molecular weight is 343 g/mol. The van der Waals surface area contributed by atoms with Gasteiger partial charge in [-0.15, -0.1) is 11.3 Å². The van der Waals surface area contributed by atoms with E-state index in [1.807, 2.05) is 23.6 Å². The largest absolute Gasteiger partial charge is 0.347 e. The Kier molecular flexibility index (Phi) is 5.66. The van der Waals surface area contributed by atoms with E-state index in [9.17, 15) is 4.79 Å². The lowest BCUT2D eigenvalue weighted by Crippen LogP contribution is -2.43. The second kappa shape index (κ2) is 7.92. The van der Waals surface area contributed by atoms with Crippen LogP contribution in [0.1, 0.15) is 15.2 Å². The molecule has 1 aliphatic rings. The minimum atomic E-state index is 0.0558. The van der Waals surface area contributed by atoms with E-state index in [2.05, 4.69) is 53.5 Å². The fourth-order valence-corrected chi connectivity index (χ4v) is 4.02. The molecule has 128 valence electrons. The van der Waals surface area contributed by atoms with E-state index in [-0.39, 0.29) is 11.9 Å². The van der Waals surface area contributed by atoms with Crippen LogP contribution in [0.3, 0.4) is 0 Å². The number of nitrogens with one attached hydrogen (secondary N) is 1. The van der Waals surface area contributed by atoms with Crippen LogP contribution >= 0.6 is 11.3 Å². The summed E-state index contributed by atoms with van der Waals surface area (Å²) in [6.45, 7) is 3.85. The van der Waals surface area contributed by atoms with Crippen molar-refractivity contribution in [3.63, 3.8) is 0 Å². The van der Waals surface area contributed by atoms with Gasteiger partial charge >= 0.3 is 0 Å². The molecule has 0 radical (unpaired) electrons. The Labute approximate surface area is 148 Å². The third-order valence-corrected chi connectivity index (χ3v) is 5.30. The van der Waals surface area contributed by atoms with Crippen molar-refractivity contribution in [1.29, 1.82) is 0 Å². The van der Waals surface area contributed by atoms with Gasteiger partial charge in [0.2, 0.25) is 0 Å². The number of carbonyl (C=O) groups excluding carboxylic acids is 1. The highest BCUT2D eigenvalue weighted by atomic mass is 32.1. The van der Waals surface area contributed by atoms with Crippen molar-refractivity contribution in [3.8, 4) is 0 Å². The van der Waals surface area contributed by atoms with Gasteiger partial charge < -0.3 is 10.2 Å². The van der Waals surface area contributed by atoms with Crippen LogP contribution < -0.4 is 5.32 Å². The summed E-state index contributed by atoms with van der Waals surface area (Å²) in [5.41, 5.74) is 1.33. The molecule has 3 rings (SSSR count). The van der Waals surface area contributed by atoms with E-state index in [1.165, 1.54) is 16.9 Å². The Morgan fingerprint density at radius 1 is 1.21 bits per heavy atom. The molecule has 0 unspecified atom stereocenters. The lowest BCUT2D eigenvalue weighted by atomic mass is 10.0. The molecule has 2 aromatic rings. The summed E-state index contributed by atoms with van der Waals surface area (Å²) in [4.78, 5) is 17.9. The highest BCUT2D eigenvalue weighted by Gasteiger charge is 2.34. The molecule has 5 heteroatoms. The third-order valence-electron chi connectivity index (χ3n) is 4.43. The molecule has 1 fully saturated rings. The van der Waals surface area contributed by atoms with Crippen LogP contribution in [0, 0.1) is 5.92 Å². The molecule has 1 amide bonds. The predicted octanol–water partition coefficient (Wildman–Crippen LogP) is 2.54. The maximum absolute atomic E-state index is 12.4. The SMILES string of the molecule is CN(C)C[C@@H]1CN(Cc2ccccc2)C[C@H]1NC(=O)c1cccs1. The molecule has 1 saturated heterocycles. The van der Waals surface area contributed by atoms with E-state index in [4.69, 9.17) is 0 Å². The summed E-state index contributed by atoms with van der Waals surface area (Å²) in [7, 11) is 4.19. The molecule has 24 heavy (non-hydrogen) atoms. The van der Waals surface area contributed by atoms with E-state index in [0.29, 0.717) is 5.92 Å². The number of likely N-dealkylation sites (tertiary alicyclic amines) is 1. The first-order valence-corrected chi connectivity index (χ1v) is 9.25. The van der Waals surface area contributed by atoms with Crippen LogP contribution in [-0.2, 0) is 6.54 Å². The van der Waals surface area contributed by atoms with Crippen molar-refractivity contribution in [2.75, 3.05) is 33.7 Å². The molecule has 2 atom stereocenters. The van der Waals surface area contributed by atoms with Gasteiger partial charge in [0.1, 0.15) is 0 Å². The van der Waals surface area contributed by atoms with Crippen LogP contribution in [-0.4, -0.2) is 55.5 Å².